The summed E-state index contributed by atoms with van der Waals surface area (Å²) >= 11 is 0. The molecule has 0 aromatic carbocycles. The third-order valence-corrected chi connectivity index (χ3v) is 4.99. The molecule has 4 heteroatoms. The highest BCUT2D eigenvalue weighted by atomic mass is 16.4. The highest BCUT2D eigenvalue weighted by molar-refractivity contribution is 5.85. The standard InChI is InChI=1S/C16H29NO3/c1-11(2)16(5,14(19)20)10-13(18)17-12-6-8-15(3,4)9-7-12/h11-12H,6-10H2,1-5H3,(H,17,18)(H,19,20). The topological polar surface area (TPSA) is 66.4 Å². The molecule has 1 atom stereocenters. The van der Waals surface area contributed by atoms with E-state index in [-0.39, 0.29) is 24.3 Å². The van der Waals surface area contributed by atoms with E-state index in [0.717, 1.165) is 25.7 Å². The first-order valence-electron chi connectivity index (χ1n) is 7.59. The van der Waals surface area contributed by atoms with Crippen molar-refractivity contribution in [2.75, 3.05) is 0 Å². The van der Waals surface area contributed by atoms with E-state index >= 15 is 0 Å². The van der Waals surface area contributed by atoms with Crippen LogP contribution in [0.25, 0.3) is 0 Å². The van der Waals surface area contributed by atoms with E-state index in [1.165, 1.54) is 0 Å². The first-order chi connectivity index (χ1) is 9.07. The normalized spacial score (nSPS) is 22.3. The van der Waals surface area contributed by atoms with Crippen LogP contribution in [0, 0.1) is 16.7 Å². The molecular formula is C16H29NO3. The third kappa shape index (κ3) is 4.22. The fourth-order valence-corrected chi connectivity index (χ4v) is 2.68. The van der Waals surface area contributed by atoms with Crippen LogP contribution in [0.5, 0.6) is 0 Å². The van der Waals surface area contributed by atoms with Gasteiger partial charge in [0, 0.05) is 12.5 Å². The molecule has 0 aliphatic heterocycles. The summed E-state index contributed by atoms with van der Waals surface area (Å²) in [5.41, 5.74) is -0.618. The molecule has 0 saturated heterocycles. The zero-order valence-corrected chi connectivity index (χ0v) is 13.5. The van der Waals surface area contributed by atoms with E-state index in [0.29, 0.717) is 5.41 Å². The third-order valence-electron chi connectivity index (χ3n) is 4.99. The molecule has 1 unspecified atom stereocenters. The van der Waals surface area contributed by atoms with E-state index in [2.05, 4.69) is 19.2 Å². The second-order valence-electron chi connectivity index (χ2n) is 7.56. The smallest absolute Gasteiger partial charge is 0.310 e. The zero-order chi connectivity index (χ0) is 15.6. The van der Waals surface area contributed by atoms with Gasteiger partial charge in [0.05, 0.1) is 5.41 Å². The number of carbonyl (C=O) groups is 2. The number of nitrogens with one attached hydrogen (secondary N) is 1. The summed E-state index contributed by atoms with van der Waals surface area (Å²) in [6.45, 7) is 9.87. The summed E-state index contributed by atoms with van der Waals surface area (Å²) in [5.74, 6) is -1.10. The van der Waals surface area contributed by atoms with Crippen LogP contribution < -0.4 is 5.32 Å². The van der Waals surface area contributed by atoms with Crippen molar-refractivity contribution in [1.29, 1.82) is 0 Å². The monoisotopic (exact) mass is 283 g/mol. The Labute approximate surface area is 122 Å². The number of hydrogen-bond acceptors (Lipinski definition) is 2. The predicted molar refractivity (Wildman–Crippen MR) is 79.4 cm³/mol. The molecule has 1 aliphatic rings. The first-order valence-corrected chi connectivity index (χ1v) is 7.59. The molecular weight excluding hydrogens is 254 g/mol. The Morgan fingerprint density at radius 3 is 2.20 bits per heavy atom. The van der Waals surface area contributed by atoms with Gasteiger partial charge < -0.3 is 10.4 Å². The van der Waals surface area contributed by atoms with Crippen molar-refractivity contribution in [1.82, 2.24) is 5.32 Å². The summed E-state index contributed by atoms with van der Waals surface area (Å²) in [5, 5.41) is 12.4. The summed E-state index contributed by atoms with van der Waals surface area (Å²) in [6.07, 6.45) is 4.25. The molecule has 0 bridgehead atoms. The average molecular weight is 283 g/mol. The van der Waals surface area contributed by atoms with Gasteiger partial charge in [-0.25, -0.2) is 0 Å². The Morgan fingerprint density at radius 1 is 1.30 bits per heavy atom. The minimum atomic E-state index is -0.988. The highest BCUT2D eigenvalue weighted by Gasteiger charge is 2.39. The predicted octanol–water partition coefficient (Wildman–Crippen LogP) is 3.21. The number of amides is 1. The van der Waals surface area contributed by atoms with Crippen molar-refractivity contribution in [2.24, 2.45) is 16.7 Å². The van der Waals surface area contributed by atoms with Gasteiger partial charge >= 0.3 is 5.97 Å². The molecule has 0 aromatic heterocycles. The Morgan fingerprint density at radius 2 is 1.80 bits per heavy atom. The number of carboxylic acids is 1. The van der Waals surface area contributed by atoms with Gasteiger partial charge in [0.1, 0.15) is 0 Å². The fourth-order valence-electron chi connectivity index (χ4n) is 2.68. The van der Waals surface area contributed by atoms with Crippen molar-refractivity contribution in [2.45, 2.75) is 72.8 Å². The van der Waals surface area contributed by atoms with Crippen LogP contribution in [0.2, 0.25) is 0 Å². The quantitative estimate of drug-likeness (QED) is 0.814. The molecule has 0 aromatic rings. The minimum Gasteiger partial charge on any atom is -0.481 e. The van der Waals surface area contributed by atoms with E-state index in [1.54, 1.807) is 6.92 Å². The van der Waals surface area contributed by atoms with Crippen LogP contribution in [-0.4, -0.2) is 23.0 Å². The molecule has 0 radical (unpaired) electrons. The zero-order valence-electron chi connectivity index (χ0n) is 13.5. The SMILES string of the molecule is CC(C)C(C)(CC(=O)NC1CCC(C)(C)CC1)C(=O)O. The maximum atomic E-state index is 12.1. The van der Waals surface area contributed by atoms with Crippen LogP contribution in [-0.2, 0) is 9.59 Å². The highest BCUT2D eigenvalue weighted by Crippen LogP contribution is 2.35. The van der Waals surface area contributed by atoms with Crippen molar-refractivity contribution in [3.8, 4) is 0 Å². The molecule has 0 spiro atoms. The summed E-state index contributed by atoms with van der Waals surface area (Å²) < 4.78 is 0. The molecule has 1 amide bonds. The van der Waals surface area contributed by atoms with Gasteiger partial charge in [0.25, 0.3) is 0 Å². The maximum absolute atomic E-state index is 12.1. The van der Waals surface area contributed by atoms with E-state index < -0.39 is 11.4 Å². The lowest BCUT2D eigenvalue weighted by molar-refractivity contribution is -0.153. The number of carbonyl (C=O) groups excluding carboxylic acids is 1. The van der Waals surface area contributed by atoms with Crippen LogP contribution in [0.15, 0.2) is 0 Å². The van der Waals surface area contributed by atoms with Crippen LogP contribution >= 0.6 is 0 Å². The van der Waals surface area contributed by atoms with Gasteiger partial charge in [-0.2, -0.15) is 0 Å². The first kappa shape index (κ1) is 17.0. The summed E-state index contributed by atoms with van der Waals surface area (Å²) in [7, 11) is 0. The van der Waals surface area contributed by atoms with E-state index in [1.807, 2.05) is 13.8 Å². The summed E-state index contributed by atoms with van der Waals surface area (Å²) in [4.78, 5) is 23.5. The summed E-state index contributed by atoms with van der Waals surface area (Å²) in [6, 6.07) is 0.209. The second kappa shape index (κ2) is 6.15. The molecule has 1 aliphatic carbocycles. The van der Waals surface area contributed by atoms with Gasteiger partial charge in [-0.05, 0) is 43.9 Å². The number of aliphatic carboxylic acids is 1. The molecule has 1 fully saturated rings. The second-order valence-corrected chi connectivity index (χ2v) is 7.56. The van der Waals surface area contributed by atoms with Gasteiger partial charge in [0.15, 0.2) is 0 Å². The van der Waals surface area contributed by atoms with Gasteiger partial charge in [-0.1, -0.05) is 27.7 Å². The van der Waals surface area contributed by atoms with Gasteiger partial charge in [0.2, 0.25) is 5.91 Å². The molecule has 0 heterocycles. The van der Waals surface area contributed by atoms with Crippen molar-refractivity contribution >= 4 is 11.9 Å². The minimum absolute atomic E-state index is 0.0554. The van der Waals surface area contributed by atoms with Crippen LogP contribution in [0.3, 0.4) is 0 Å². The molecule has 1 rings (SSSR count). The lowest BCUT2D eigenvalue weighted by atomic mass is 9.74. The molecule has 116 valence electrons. The largest absolute Gasteiger partial charge is 0.481 e. The van der Waals surface area contributed by atoms with Gasteiger partial charge in [-0.3, -0.25) is 9.59 Å². The maximum Gasteiger partial charge on any atom is 0.310 e. The molecule has 20 heavy (non-hydrogen) atoms. The van der Waals surface area contributed by atoms with Crippen molar-refractivity contribution in [3.05, 3.63) is 0 Å². The Hall–Kier alpha value is -1.06. The fraction of sp³-hybridized carbons (Fsp3) is 0.875. The van der Waals surface area contributed by atoms with Gasteiger partial charge in [-0.15, -0.1) is 0 Å². The van der Waals surface area contributed by atoms with Crippen LogP contribution in [0.4, 0.5) is 0 Å². The number of carboxylic acid groups (broad SMARTS) is 1. The average Bonchev–Trinajstić information content (AvgIpc) is 2.31. The van der Waals surface area contributed by atoms with Crippen molar-refractivity contribution in [3.63, 3.8) is 0 Å². The molecule has 2 N–H and O–H groups in total. The lowest BCUT2D eigenvalue weighted by Crippen LogP contribution is -2.44. The lowest BCUT2D eigenvalue weighted by Gasteiger charge is -2.35. The Balaban J connectivity index is 2.54. The Kier molecular flexibility index (Phi) is 5.22. The van der Waals surface area contributed by atoms with E-state index in [4.69, 9.17) is 0 Å². The Bertz CT molecular complexity index is 366. The van der Waals surface area contributed by atoms with E-state index in [9.17, 15) is 14.7 Å². The van der Waals surface area contributed by atoms with Crippen LogP contribution in [0.1, 0.15) is 66.7 Å². The molecule has 1 saturated carbocycles. The van der Waals surface area contributed by atoms with Crippen molar-refractivity contribution < 1.29 is 14.7 Å². The number of rotatable bonds is 5. The molecule has 4 nitrogen and oxygen atoms in total. The number of hydrogen-bond donors (Lipinski definition) is 2.